The lowest BCUT2D eigenvalue weighted by molar-refractivity contribution is 0.355. The molecular formula is C18H37N. The summed E-state index contributed by atoms with van der Waals surface area (Å²) in [5.41, 5.74) is 6.09. The van der Waals surface area contributed by atoms with Crippen LogP contribution < -0.4 is 5.73 Å². The highest BCUT2D eigenvalue weighted by Crippen LogP contribution is 2.34. The van der Waals surface area contributed by atoms with Gasteiger partial charge in [0.2, 0.25) is 0 Å². The van der Waals surface area contributed by atoms with Gasteiger partial charge in [0.1, 0.15) is 0 Å². The normalized spacial score (nSPS) is 27.0. The zero-order valence-corrected chi connectivity index (χ0v) is 13.5. The van der Waals surface area contributed by atoms with E-state index in [-0.39, 0.29) is 0 Å². The fourth-order valence-corrected chi connectivity index (χ4v) is 3.58. The van der Waals surface area contributed by atoms with E-state index in [4.69, 9.17) is 5.73 Å². The topological polar surface area (TPSA) is 26.0 Å². The molecule has 0 aromatic carbocycles. The van der Waals surface area contributed by atoms with E-state index in [9.17, 15) is 0 Å². The Hall–Kier alpha value is -0.0400. The average Bonchev–Trinajstić information content (AvgIpc) is 2.73. The monoisotopic (exact) mass is 267 g/mol. The van der Waals surface area contributed by atoms with Gasteiger partial charge in [-0.2, -0.15) is 0 Å². The minimum Gasteiger partial charge on any atom is -0.327 e. The standard InChI is InChI=1S/C18H37N/c1-3-4-5-6-7-8-9-10-11-12-13-17-14-15-18(19)16(17)2/h16-18H,3-15,19H2,1-2H3. The van der Waals surface area contributed by atoms with Crippen LogP contribution in [0.2, 0.25) is 0 Å². The summed E-state index contributed by atoms with van der Waals surface area (Å²) in [4.78, 5) is 0. The number of unbranched alkanes of at least 4 members (excludes halogenated alkanes) is 9. The van der Waals surface area contributed by atoms with Crippen LogP contribution in [0.1, 0.15) is 97.3 Å². The molecule has 1 aliphatic carbocycles. The van der Waals surface area contributed by atoms with E-state index in [2.05, 4.69) is 13.8 Å². The van der Waals surface area contributed by atoms with Crippen LogP contribution in [0.15, 0.2) is 0 Å². The predicted octanol–water partition coefficient (Wildman–Crippen LogP) is 5.67. The van der Waals surface area contributed by atoms with Crippen LogP contribution in [-0.4, -0.2) is 6.04 Å². The van der Waals surface area contributed by atoms with E-state index < -0.39 is 0 Å². The summed E-state index contributed by atoms with van der Waals surface area (Å²) < 4.78 is 0. The fourth-order valence-electron chi connectivity index (χ4n) is 3.58. The van der Waals surface area contributed by atoms with E-state index in [1.165, 1.54) is 83.5 Å². The van der Waals surface area contributed by atoms with Crippen molar-refractivity contribution in [1.29, 1.82) is 0 Å². The van der Waals surface area contributed by atoms with Crippen molar-refractivity contribution in [2.45, 2.75) is 103 Å². The Kier molecular flexibility index (Phi) is 9.59. The molecule has 0 aliphatic heterocycles. The van der Waals surface area contributed by atoms with Gasteiger partial charge in [0.15, 0.2) is 0 Å². The molecule has 1 fully saturated rings. The second kappa shape index (κ2) is 10.7. The van der Waals surface area contributed by atoms with Crippen LogP contribution in [-0.2, 0) is 0 Å². The minimum absolute atomic E-state index is 0.494. The molecule has 1 aliphatic rings. The third-order valence-corrected chi connectivity index (χ3v) is 5.22. The molecule has 0 radical (unpaired) electrons. The molecule has 0 aromatic rings. The molecule has 1 nitrogen and oxygen atoms in total. The quantitative estimate of drug-likeness (QED) is 0.479. The lowest BCUT2D eigenvalue weighted by Gasteiger charge is -2.17. The minimum atomic E-state index is 0.494. The first-order valence-electron chi connectivity index (χ1n) is 9.01. The first kappa shape index (κ1) is 17.0. The molecule has 1 heteroatoms. The lowest BCUT2D eigenvalue weighted by atomic mass is 9.90. The molecule has 2 N–H and O–H groups in total. The maximum atomic E-state index is 6.09. The van der Waals surface area contributed by atoms with Gasteiger partial charge in [-0.3, -0.25) is 0 Å². The largest absolute Gasteiger partial charge is 0.327 e. The molecule has 1 saturated carbocycles. The summed E-state index contributed by atoms with van der Waals surface area (Å²) >= 11 is 0. The molecule has 19 heavy (non-hydrogen) atoms. The van der Waals surface area contributed by atoms with Crippen molar-refractivity contribution in [1.82, 2.24) is 0 Å². The summed E-state index contributed by atoms with van der Waals surface area (Å²) in [7, 11) is 0. The summed E-state index contributed by atoms with van der Waals surface area (Å²) in [5, 5.41) is 0. The second-order valence-electron chi connectivity index (χ2n) is 6.83. The summed E-state index contributed by atoms with van der Waals surface area (Å²) in [6.45, 7) is 4.65. The molecule has 3 unspecified atom stereocenters. The first-order valence-corrected chi connectivity index (χ1v) is 9.01. The van der Waals surface area contributed by atoms with Gasteiger partial charge in [-0.1, -0.05) is 84.5 Å². The molecular weight excluding hydrogens is 230 g/mol. The zero-order valence-electron chi connectivity index (χ0n) is 13.5. The van der Waals surface area contributed by atoms with E-state index in [1.807, 2.05) is 0 Å². The van der Waals surface area contributed by atoms with Crippen molar-refractivity contribution in [3.05, 3.63) is 0 Å². The van der Waals surface area contributed by atoms with Gasteiger partial charge in [-0.15, -0.1) is 0 Å². The Bertz CT molecular complexity index is 202. The first-order chi connectivity index (χ1) is 9.25. The van der Waals surface area contributed by atoms with E-state index in [0.717, 1.165) is 11.8 Å². The fraction of sp³-hybridized carbons (Fsp3) is 1.00. The molecule has 1 rings (SSSR count). The number of hydrogen-bond donors (Lipinski definition) is 1. The van der Waals surface area contributed by atoms with E-state index in [0.29, 0.717) is 6.04 Å². The van der Waals surface area contributed by atoms with Crippen molar-refractivity contribution in [3.8, 4) is 0 Å². The Morgan fingerprint density at radius 2 is 1.32 bits per heavy atom. The van der Waals surface area contributed by atoms with Crippen molar-refractivity contribution in [3.63, 3.8) is 0 Å². The van der Waals surface area contributed by atoms with E-state index >= 15 is 0 Å². The SMILES string of the molecule is CCCCCCCCCCCCC1CCC(N)C1C. The second-order valence-corrected chi connectivity index (χ2v) is 6.83. The molecule has 0 heterocycles. The van der Waals surface area contributed by atoms with E-state index in [1.54, 1.807) is 0 Å². The van der Waals surface area contributed by atoms with Crippen LogP contribution in [0, 0.1) is 11.8 Å². The molecule has 0 bridgehead atoms. The van der Waals surface area contributed by atoms with Crippen LogP contribution in [0.3, 0.4) is 0 Å². The average molecular weight is 268 g/mol. The van der Waals surface area contributed by atoms with Gasteiger partial charge in [-0.05, 0) is 24.7 Å². The lowest BCUT2D eigenvalue weighted by Crippen LogP contribution is -2.25. The highest BCUT2D eigenvalue weighted by molar-refractivity contribution is 4.84. The maximum absolute atomic E-state index is 6.09. The number of hydrogen-bond acceptors (Lipinski definition) is 1. The third kappa shape index (κ3) is 7.34. The van der Waals surface area contributed by atoms with Gasteiger partial charge in [0.05, 0.1) is 0 Å². The predicted molar refractivity (Wildman–Crippen MR) is 86.3 cm³/mol. The molecule has 114 valence electrons. The van der Waals surface area contributed by atoms with Gasteiger partial charge >= 0.3 is 0 Å². The molecule has 3 atom stereocenters. The van der Waals surface area contributed by atoms with Crippen molar-refractivity contribution < 1.29 is 0 Å². The Balaban J connectivity index is 1.81. The highest BCUT2D eigenvalue weighted by Gasteiger charge is 2.29. The number of rotatable bonds is 11. The Morgan fingerprint density at radius 1 is 0.789 bits per heavy atom. The Labute approximate surface area is 121 Å². The smallest absolute Gasteiger partial charge is 0.00672 e. The molecule has 0 saturated heterocycles. The molecule has 0 amide bonds. The van der Waals surface area contributed by atoms with Gasteiger partial charge in [-0.25, -0.2) is 0 Å². The summed E-state index contributed by atoms with van der Waals surface area (Å²) in [5.74, 6) is 1.71. The highest BCUT2D eigenvalue weighted by atomic mass is 14.7. The van der Waals surface area contributed by atoms with Crippen molar-refractivity contribution in [2.24, 2.45) is 17.6 Å². The maximum Gasteiger partial charge on any atom is 0.00672 e. The van der Waals surface area contributed by atoms with Crippen molar-refractivity contribution >= 4 is 0 Å². The van der Waals surface area contributed by atoms with Crippen LogP contribution in [0.25, 0.3) is 0 Å². The van der Waals surface area contributed by atoms with Crippen molar-refractivity contribution in [2.75, 3.05) is 0 Å². The van der Waals surface area contributed by atoms with Gasteiger partial charge in [0.25, 0.3) is 0 Å². The van der Waals surface area contributed by atoms with Gasteiger partial charge in [0, 0.05) is 6.04 Å². The number of nitrogens with two attached hydrogens (primary N) is 1. The van der Waals surface area contributed by atoms with Crippen LogP contribution >= 0.6 is 0 Å². The van der Waals surface area contributed by atoms with Gasteiger partial charge < -0.3 is 5.73 Å². The third-order valence-electron chi connectivity index (χ3n) is 5.22. The molecule has 0 spiro atoms. The Morgan fingerprint density at radius 3 is 1.79 bits per heavy atom. The van der Waals surface area contributed by atoms with Crippen LogP contribution in [0.5, 0.6) is 0 Å². The zero-order chi connectivity index (χ0) is 13.9. The summed E-state index contributed by atoms with van der Waals surface area (Å²) in [6, 6.07) is 0.494. The van der Waals surface area contributed by atoms with Crippen LogP contribution in [0.4, 0.5) is 0 Å². The molecule has 0 aromatic heterocycles. The summed E-state index contributed by atoms with van der Waals surface area (Å²) in [6.07, 6.45) is 18.6.